The van der Waals surface area contributed by atoms with E-state index in [1.165, 1.54) is 12.1 Å². The fourth-order valence-corrected chi connectivity index (χ4v) is 2.47. The molecule has 4 nitrogen and oxygen atoms in total. The first-order valence-electron chi connectivity index (χ1n) is 6.60. The Hall–Kier alpha value is -1.60. The Morgan fingerprint density at radius 2 is 2.00 bits per heavy atom. The van der Waals surface area contributed by atoms with Crippen LogP contribution < -0.4 is 5.73 Å². The number of amides is 1. The lowest BCUT2D eigenvalue weighted by atomic mass is 10.0. The summed E-state index contributed by atoms with van der Waals surface area (Å²) in [7, 11) is 0. The van der Waals surface area contributed by atoms with Crippen LogP contribution in [0.2, 0.25) is 0 Å². The van der Waals surface area contributed by atoms with E-state index in [0.29, 0.717) is 18.7 Å². The van der Waals surface area contributed by atoms with Crippen molar-refractivity contribution in [3.05, 3.63) is 35.4 Å². The second-order valence-corrected chi connectivity index (χ2v) is 5.03. The lowest BCUT2D eigenvalue weighted by Gasteiger charge is -2.38. The highest BCUT2D eigenvalue weighted by Crippen LogP contribution is 2.31. The highest BCUT2D eigenvalue weighted by Gasteiger charge is 2.33. The van der Waals surface area contributed by atoms with E-state index in [1.54, 1.807) is 0 Å². The SMILES string of the molecule is C[C@H](c1ccc(C(F)(F)F)cc1)N1CCOCC1C(N)=O. The fraction of sp³-hybridized carbons (Fsp3) is 0.500. The van der Waals surface area contributed by atoms with Crippen molar-refractivity contribution in [2.75, 3.05) is 19.8 Å². The maximum atomic E-state index is 12.6. The Balaban J connectivity index is 2.18. The molecule has 1 saturated heterocycles. The zero-order chi connectivity index (χ0) is 15.6. The molecule has 0 radical (unpaired) electrons. The van der Waals surface area contributed by atoms with Crippen LogP contribution in [0.15, 0.2) is 24.3 Å². The normalized spacial score (nSPS) is 22.0. The molecule has 21 heavy (non-hydrogen) atoms. The molecule has 0 aliphatic carbocycles. The van der Waals surface area contributed by atoms with E-state index >= 15 is 0 Å². The number of nitrogens with two attached hydrogens (primary N) is 1. The fourth-order valence-electron chi connectivity index (χ4n) is 2.47. The number of halogens is 3. The highest BCUT2D eigenvalue weighted by atomic mass is 19.4. The Bertz CT molecular complexity index is 502. The maximum Gasteiger partial charge on any atom is 0.416 e. The highest BCUT2D eigenvalue weighted by molar-refractivity contribution is 5.80. The number of morpholine rings is 1. The second kappa shape index (κ2) is 6.03. The van der Waals surface area contributed by atoms with Gasteiger partial charge in [0.05, 0.1) is 18.8 Å². The van der Waals surface area contributed by atoms with Crippen molar-refractivity contribution in [1.29, 1.82) is 0 Å². The van der Waals surface area contributed by atoms with Gasteiger partial charge in [-0.25, -0.2) is 0 Å². The van der Waals surface area contributed by atoms with Crippen molar-refractivity contribution in [2.24, 2.45) is 5.73 Å². The minimum absolute atomic E-state index is 0.209. The predicted octanol–water partition coefficient (Wildman–Crippen LogP) is 1.95. The molecule has 2 rings (SSSR count). The molecule has 0 bridgehead atoms. The number of carbonyl (C=O) groups is 1. The van der Waals surface area contributed by atoms with Crippen LogP contribution in [0.1, 0.15) is 24.1 Å². The molecule has 1 aliphatic heterocycles. The van der Waals surface area contributed by atoms with E-state index in [1.807, 2.05) is 11.8 Å². The van der Waals surface area contributed by atoms with E-state index in [-0.39, 0.29) is 12.6 Å². The van der Waals surface area contributed by atoms with Crippen molar-refractivity contribution >= 4 is 5.91 Å². The molecule has 0 aromatic heterocycles. The molecule has 116 valence electrons. The minimum Gasteiger partial charge on any atom is -0.378 e. The van der Waals surface area contributed by atoms with Gasteiger partial charge in [0.1, 0.15) is 6.04 Å². The quantitative estimate of drug-likeness (QED) is 0.928. The molecule has 7 heteroatoms. The van der Waals surface area contributed by atoms with Gasteiger partial charge in [-0.15, -0.1) is 0 Å². The maximum absolute atomic E-state index is 12.6. The average molecular weight is 302 g/mol. The molecular weight excluding hydrogens is 285 g/mol. The summed E-state index contributed by atoms with van der Waals surface area (Å²) in [5.41, 5.74) is 5.36. The summed E-state index contributed by atoms with van der Waals surface area (Å²) in [4.78, 5) is 13.3. The Labute approximate surface area is 120 Å². The number of benzene rings is 1. The third kappa shape index (κ3) is 3.54. The van der Waals surface area contributed by atoms with Crippen LogP contribution in [0.4, 0.5) is 13.2 Å². The van der Waals surface area contributed by atoms with Crippen LogP contribution in [-0.2, 0) is 15.7 Å². The smallest absolute Gasteiger partial charge is 0.378 e. The second-order valence-electron chi connectivity index (χ2n) is 5.03. The van der Waals surface area contributed by atoms with E-state index in [4.69, 9.17) is 10.5 Å². The molecule has 1 aromatic carbocycles. The van der Waals surface area contributed by atoms with Gasteiger partial charge >= 0.3 is 6.18 Å². The molecule has 2 N–H and O–H groups in total. The van der Waals surface area contributed by atoms with Crippen LogP contribution in [0.5, 0.6) is 0 Å². The number of hydrogen-bond acceptors (Lipinski definition) is 3. The van der Waals surface area contributed by atoms with Crippen molar-refractivity contribution in [3.8, 4) is 0 Å². The van der Waals surface area contributed by atoms with Crippen molar-refractivity contribution in [2.45, 2.75) is 25.2 Å². The van der Waals surface area contributed by atoms with Gasteiger partial charge < -0.3 is 10.5 Å². The molecule has 1 heterocycles. The number of alkyl halides is 3. The summed E-state index contributed by atoms with van der Waals surface area (Å²) in [5, 5.41) is 0. The summed E-state index contributed by atoms with van der Waals surface area (Å²) >= 11 is 0. The monoisotopic (exact) mass is 302 g/mol. The van der Waals surface area contributed by atoms with Crippen LogP contribution in [0, 0.1) is 0 Å². The first kappa shape index (κ1) is 15.8. The van der Waals surface area contributed by atoms with Gasteiger partial charge in [0.15, 0.2) is 0 Å². The molecular formula is C14H17F3N2O2. The average Bonchev–Trinajstić information content (AvgIpc) is 2.45. The molecule has 1 aliphatic rings. The van der Waals surface area contributed by atoms with Crippen LogP contribution >= 0.6 is 0 Å². The topological polar surface area (TPSA) is 55.6 Å². The standard InChI is InChI=1S/C14H17F3N2O2/c1-9(19-6-7-21-8-12(19)13(18)20)10-2-4-11(5-3-10)14(15,16)17/h2-5,9,12H,6-8H2,1H3,(H2,18,20)/t9-,12?/m1/s1. The zero-order valence-corrected chi connectivity index (χ0v) is 11.6. The molecule has 1 amide bonds. The molecule has 0 spiro atoms. The first-order chi connectivity index (χ1) is 9.80. The zero-order valence-electron chi connectivity index (χ0n) is 11.6. The molecule has 1 fully saturated rings. The van der Waals surface area contributed by atoms with E-state index < -0.39 is 23.7 Å². The summed E-state index contributed by atoms with van der Waals surface area (Å²) in [6.45, 7) is 3.02. The lowest BCUT2D eigenvalue weighted by molar-refractivity contribution is -0.137. The summed E-state index contributed by atoms with van der Waals surface area (Å²) in [6, 6.07) is 4.18. The first-order valence-corrected chi connectivity index (χ1v) is 6.60. The Morgan fingerprint density at radius 3 is 2.52 bits per heavy atom. The predicted molar refractivity (Wildman–Crippen MR) is 70.4 cm³/mol. The molecule has 0 saturated carbocycles. The summed E-state index contributed by atoms with van der Waals surface area (Å²) < 4.78 is 42.9. The van der Waals surface area contributed by atoms with Gasteiger partial charge in [-0.05, 0) is 24.6 Å². The van der Waals surface area contributed by atoms with Crippen molar-refractivity contribution < 1.29 is 22.7 Å². The number of carbonyl (C=O) groups excluding carboxylic acids is 1. The van der Waals surface area contributed by atoms with Gasteiger partial charge in [0.2, 0.25) is 5.91 Å². The Kier molecular flexibility index (Phi) is 4.53. The van der Waals surface area contributed by atoms with E-state index in [0.717, 1.165) is 12.1 Å². The van der Waals surface area contributed by atoms with Crippen molar-refractivity contribution in [1.82, 2.24) is 4.90 Å². The number of nitrogens with zero attached hydrogens (tertiary/aromatic N) is 1. The van der Waals surface area contributed by atoms with E-state index in [9.17, 15) is 18.0 Å². The largest absolute Gasteiger partial charge is 0.416 e. The van der Waals surface area contributed by atoms with Crippen LogP contribution in [-0.4, -0.2) is 36.6 Å². The van der Waals surface area contributed by atoms with Gasteiger partial charge in [-0.3, -0.25) is 9.69 Å². The van der Waals surface area contributed by atoms with Gasteiger partial charge in [0, 0.05) is 12.6 Å². The van der Waals surface area contributed by atoms with Crippen LogP contribution in [0.3, 0.4) is 0 Å². The van der Waals surface area contributed by atoms with Gasteiger partial charge in [-0.1, -0.05) is 12.1 Å². The summed E-state index contributed by atoms with van der Waals surface area (Å²) in [5.74, 6) is -0.492. The number of rotatable bonds is 3. The van der Waals surface area contributed by atoms with E-state index in [2.05, 4.69) is 0 Å². The molecule has 1 aromatic rings. The number of hydrogen-bond donors (Lipinski definition) is 1. The molecule has 2 atom stereocenters. The number of primary amides is 1. The lowest BCUT2D eigenvalue weighted by Crippen LogP contribution is -2.53. The van der Waals surface area contributed by atoms with Gasteiger partial charge in [0.25, 0.3) is 0 Å². The minimum atomic E-state index is -4.35. The van der Waals surface area contributed by atoms with Crippen LogP contribution in [0.25, 0.3) is 0 Å². The summed E-state index contributed by atoms with van der Waals surface area (Å²) in [6.07, 6.45) is -4.35. The third-order valence-corrected chi connectivity index (χ3v) is 3.72. The number of ether oxygens (including phenoxy) is 1. The Morgan fingerprint density at radius 1 is 1.38 bits per heavy atom. The molecule has 1 unspecified atom stereocenters. The van der Waals surface area contributed by atoms with Crippen molar-refractivity contribution in [3.63, 3.8) is 0 Å². The van der Waals surface area contributed by atoms with Gasteiger partial charge in [-0.2, -0.15) is 13.2 Å². The third-order valence-electron chi connectivity index (χ3n) is 3.72.